The Balaban J connectivity index is 0.000000100. The van der Waals surface area contributed by atoms with Gasteiger partial charge in [0.15, 0.2) is 0 Å². The van der Waals surface area contributed by atoms with Crippen LogP contribution in [0, 0.1) is 0 Å². The smallest absolute Gasteiger partial charge is 0.143 e. The number of rotatable bonds is 13. The van der Waals surface area contributed by atoms with E-state index in [-0.39, 0.29) is 10.8 Å². The van der Waals surface area contributed by atoms with Crippen LogP contribution in [0.25, 0.3) is 198 Å². The number of nitrogens with one attached hydrogen (secondary N) is 4. The van der Waals surface area contributed by atoms with Gasteiger partial charge in [0, 0.05) is 128 Å². The highest BCUT2D eigenvalue weighted by molar-refractivity contribution is 6.23. The number of para-hydroxylation sites is 5. The highest BCUT2D eigenvalue weighted by Gasteiger charge is 2.38. The average Bonchev–Trinajstić information content (AvgIpc) is 1.57. The summed E-state index contributed by atoms with van der Waals surface area (Å²) in [5, 5.41) is 31.0. The number of hydrogen-bond acceptors (Lipinski definition) is 8. The minimum atomic E-state index is -0.0243. The molecule has 0 aliphatic heterocycles. The van der Waals surface area contributed by atoms with E-state index >= 15 is 0 Å². The standard InChI is InChI=1S/C43H31NO.C33H25NO.C32H21NO.C24H17NO/c1-43(2)39-16-7-5-13-34(39)35-23-20-29(24-40(35)43)27-18-21-30(22-19-27)44-31-25-37(33-15-9-11-28-10-3-4-12-32(28)33)42-38(26-31)36-14-6-8-17-41(36)45-42;1-33(2)27-15-8-6-14-24(27)31-28(33)16-10-17-29(31)34-22-19-25(21-11-4-3-5-12-21)32-26(20-22)23-13-7-9-18-30(23)35-32;1-2-12-23(13-3-1)33-24-19-28(27-16-8-11-21-9-4-6-14-25(21)27)32-29(20-24)31-26-15-7-5-10-22(26)17-18-30(31)34-32;1-3-9-17(10-4-1)21-15-19(25-18-11-5-2-6-12-18)16-23-24(21)20-13-7-8-14-22(20)26-23/h3-26,44H,1-2H3;3-20,34H,1-2H3;1-20,33H;1-16,25H. The van der Waals surface area contributed by atoms with Crippen LogP contribution >= 0.6 is 0 Å². The average molecular weight is 1800 g/mol. The van der Waals surface area contributed by atoms with E-state index in [4.69, 9.17) is 17.7 Å². The number of hydrogen-bond donors (Lipinski definition) is 4. The third kappa shape index (κ3) is 15.1. The maximum Gasteiger partial charge on any atom is 0.143 e. The fourth-order valence-corrected chi connectivity index (χ4v) is 21.6. The van der Waals surface area contributed by atoms with Gasteiger partial charge in [0.2, 0.25) is 0 Å². The first-order chi connectivity index (χ1) is 68.9. The molecular weight excluding hydrogens is 1710 g/mol. The highest BCUT2D eigenvalue weighted by atomic mass is 16.3. The first-order valence-corrected chi connectivity index (χ1v) is 48.0. The van der Waals surface area contributed by atoms with Crippen molar-refractivity contribution in [3.8, 4) is 77.9 Å². The van der Waals surface area contributed by atoms with E-state index in [0.29, 0.717) is 0 Å². The molecule has 4 N–H and O–H groups in total. The lowest BCUT2D eigenvalue weighted by Gasteiger charge is -2.22. The molecule has 0 atom stereocenters. The Morgan fingerprint density at radius 2 is 0.557 bits per heavy atom. The van der Waals surface area contributed by atoms with Crippen LogP contribution in [0.2, 0.25) is 0 Å². The van der Waals surface area contributed by atoms with Crippen LogP contribution in [0.1, 0.15) is 49.9 Å². The van der Waals surface area contributed by atoms with Gasteiger partial charge >= 0.3 is 0 Å². The zero-order valence-electron chi connectivity index (χ0n) is 77.7. The zero-order chi connectivity index (χ0) is 93.5. The summed E-state index contributed by atoms with van der Waals surface area (Å²) in [6.45, 7) is 9.30. The molecule has 0 saturated carbocycles. The molecule has 0 amide bonds. The summed E-state index contributed by atoms with van der Waals surface area (Å²) in [6.07, 6.45) is 0. The molecule has 0 spiro atoms. The second-order valence-corrected chi connectivity index (χ2v) is 37.6. The Labute approximate surface area is 810 Å². The molecular formula is C132H94N4O4. The monoisotopic (exact) mass is 1800 g/mol. The van der Waals surface area contributed by atoms with E-state index in [1.165, 1.54) is 105 Å². The van der Waals surface area contributed by atoms with E-state index in [1.54, 1.807) is 0 Å². The Bertz CT molecular complexity index is 9300. The van der Waals surface area contributed by atoms with Gasteiger partial charge in [0.1, 0.15) is 44.7 Å². The van der Waals surface area contributed by atoms with Crippen LogP contribution in [0.15, 0.2) is 491 Å². The quantitative estimate of drug-likeness (QED) is 0.0906. The van der Waals surface area contributed by atoms with Gasteiger partial charge < -0.3 is 38.9 Å². The molecule has 8 heteroatoms. The lowest BCUT2D eigenvalue weighted by Crippen LogP contribution is -2.14. The minimum Gasteiger partial charge on any atom is -0.456 e. The third-order valence-electron chi connectivity index (χ3n) is 28.3. The molecule has 22 aromatic carbocycles. The largest absolute Gasteiger partial charge is 0.456 e. The van der Waals surface area contributed by atoms with Crippen molar-refractivity contribution in [2.45, 2.75) is 38.5 Å². The zero-order valence-corrected chi connectivity index (χ0v) is 77.7. The van der Waals surface area contributed by atoms with Crippen molar-refractivity contribution in [1.82, 2.24) is 0 Å². The van der Waals surface area contributed by atoms with Gasteiger partial charge in [0.25, 0.3) is 0 Å². The Morgan fingerprint density at radius 3 is 1.16 bits per heavy atom. The Hall–Kier alpha value is -18.0. The maximum absolute atomic E-state index is 6.57. The number of fused-ring (bicyclic) bond motifs is 22. The molecule has 28 rings (SSSR count). The molecule has 0 fully saturated rings. The third-order valence-corrected chi connectivity index (χ3v) is 28.3. The molecule has 666 valence electrons. The summed E-state index contributed by atoms with van der Waals surface area (Å²) in [4.78, 5) is 0. The molecule has 2 aliphatic rings. The van der Waals surface area contributed by atoms with Gasteiger partial charge in [-0.1, -0.05) is 380 Å². The second kappa shape index (κ2) is 34.7. The minimum absolute atomic E-state index is 0.0128. The molecule has 26 aromatic rings. The van der Waals surface area contributed by atoms with Crippen LogP contribution in [0.5, 0.6) is 0 Å². The molecule has 4 aromatic heterocycles. The van der Waals surface area contributed by atoms with Crippen molar-refractivity contribution in [2.75, 3.05) is 21.3 Å². The van der Waals surface area contributed by atoms with Crippen molar-refractivity contribution in [1.29, 1.82) is 0 Å². The summed E-state index contributed by atoms with van der Waals surface area (Å²) in [7, 11) is 0. The van der Waals surface area contributed by atoms with Crippen LogP contribution in [-0.2, 0) is 10.8 Å². The van der Waals surface area contributed by atoms with E-state index in [1.807, 2.05) is 84.9 Å². The fraction of sp³-hybridized carbons (Fsp3) is 0.0455. The number of benzene rings is 22. The molecule has 0 radical (unpaired) electrons. The van der Waals surface area contributed by atoms with Crippen LogP contribution < -0.4 is 21.3 Å². The van der Waals surface area contributed by atoms with Gasteiger partial charge in [0.05, 0.1) is 0 Å². The number of anilines is 8. The van der Waals surface area contributed by atoms with E-state index in [9.17, 15) is 0 Å². The predicted octanol–water partition coefficient (Wildman–Crippen LogP) is 37.7. The molecule has 140 heavy (non-hydrogen) atoms. The topological polar surface area (TPSA) is 101 Å². The summed E-state index contributed by atoms with van der Waals surface area (Å²) in [5.41, 5.74) is 38.1. The summed E-state index contributed by atoms with van der Waals surface area (Å²) < 4.78 is 25.6. The van der Waals surface area contributed by atoms with E-state index in [2.05, 4.69) is 437 Å². The Kier molecular flexibility index (Phi) is 20.8. The van der Waals surface area contributed by atoms with Gasteiger partial charge in [-0.3, -0.25) is 0 Å². The van der Waals surface area contributed by atoms with Crippen molar-refractivity contribution >= 4 is 166 Å². The fourth-order valence-electron chi connectivity index (χ4n) is 21.6. The van der Waals surface area contributed by atoms with Crippen molar-refractivity contribution in [2.24, 2.45) is 0 Å². The van der Waals surface area contributed by atoms with Crippen molar-refractivity contribution < 1.29 is 17.7 Å². The lowest BCUT2D eigenvalue weighted by molar-refractivity contribution is 0.660. The van der Waals surface area contributed by atoms with Gasteiger partial charge in [-0.25, -0.2) is 0 Å². The van der Waals surface area contributed by atoms with Crippen molar-refractivity contribution in [3.63, 3.8) is 0 Å². The van der Waals surface area contributed by atoms with Crippen LogP contribution in [0.3, 0.4) is 0 Å². The Morgan fingerprint density at radius 1 is 0.171 bits per heavy atom. The summed E-state index contributed by atoms with van der Waals surface area (Å²) in [5.74, 6) is 0. The summed E-state index contributed by atoms with van der Waals surface area (Å²) in [6, 6.07) is 167. The van der Waals surface area contributed by atoms with Gasteiger partial charge in [-0.2, -0.15) is 0 Å². The number of furan rings is 4. The molecule has 0 unspecified atom stereocenters. The van der Waals surface area contributed by atoms with Gasteiger partial charge in [-0.05, 0) is 225 Å². The van der Waals surface area contributed by atoms with Crippen LogP contribution in [0.4, 0.5) is 45.5 Å². The predicted molar refractivity (Wildman–Crippen MR) is 589 cm³/mol. The maximum atomic E-state index is 6.57. The second-order valence-electron chi connectivity index (χ2n) is 37.6. The van der Waals surface area contributed by atoms with Crippen LogP contribution in [-0.4, -0.2) is 0 Å². The van der Waals surface area contributed by atoms with Gasteiger partial charge in [-0.15, -0.1) is 0 Å². The first kappa shape index (κ1) is 83.8. The molecule has 0 bridgehead atoms. The van der Waals surface area contributed by atoms with Crippen molar-refractivity contribution in [3.05, 3.63) is 495 Å². The lowest BCUT2D eigenvalue weighted by atomic mass is 9.81. The first-order valence-electron chi connectivity index (χ1n) is 48.0. The molecule has 4 heterocycles. The SMILES string of the molecule is CC1(C)c2ccccc2-c2c(Nc3cc(-c4ccccc4)c4oc5ccccc5c4c3)cccc21.CC1(C)c2ccccc2-c2ccc(-c3ccc(Nc4cc(-c5cccc6ccccc56)c5oc6ccccc6c5c4)cc3)cc21.c1ccc(Nc2cc(-c3cccc4ccccc34)c3oc4ccc5ccccc5c4c3c2)cc1.c1ccc(Nc2cc(-c3ccccc3)c3c(c2)oc2ccccc23)cc1. The molecule has 2 aliphatic carbocycles. The van der Waals surface area contributed by atoms with E-state index in [0.717, 1.165) is 161 Å². The normalized spacial score (nSPS) is 12.5. The molecule has 0 saturated heterocycles. The van der Waals surface area contributed by atoms with E-state index < -0.39 is 0 Å². The highest BCUT2D eigenvalue weighted by Crippen LogP contribution is 2.55. The summed E-state index contributed by atoms with van der Waals surface area (Å²) >= 11 is 0. The molecule has 8 nitrogen and oxygen atoms in total.